The third-order valence-corrected chi connectivity index (χ3v) is 5.68. The van der Waals surface area contributed by atoms with E-state index in [-0.39, 0.29) is 6.61 Å². The molecule has 0 spiro atoms. The first-order chi connectivity index (χ1) is 16.2. The van der Waals surface area contributed by atoms with Crippen molar-refractivity contribution in [3.63, 3.8) is 0 Å². The number of esters is 1. The van der Waals surface area contributed by atoms with Crippen molar-refractivity contribution < 1.29 is 19.1 Å². The van der Waals surface area contributed by atoms with Crippen LogP contribution in [0.25, 0.3) is 5.69 Å². The first kappa shape index (κ1) is 25.0. The molecule has 0 atom stereocenters. The number of hydrogen-bond donors (Lipinski definition) is 2. The maximum Gasteiger partial charge on any atom is 0.338 e. The van der Waals surface area contributed by atoms with Gasteiger partial charge in [0, 0.05) is 22.6 Å². The van der Waals surface area contributed by atoms with E-state index in [4.69, 9.17) is 27.9 Å². The smallest absolute Gasteiger partial charge is 0.338 e. The minimum atomic E-state index is -0.947. The summed E-state index contributed by atoms with van der Waals surface area (Å²) < 4.78 is 6.82. The number of hydrogen-bond acceptors (Lipinski definition) is 5. The van der Waals surface area contributed by atoms with Gasteiger partial charge in [-0.25, -0.2) is 10.2 Å². The lowest BCUT2D eigenvalue weighted by molar-refractivity contribution is -0.136. The Hall–Kier alpha value is -3.62. The quantitative estimate of drug-likeness (QED) is 0.222. The molecule has 0 unspecified atom stereocenters. The first-order valence-electron chi connectivity index (χ1n) is 10.3. The van der Waals surface area contributed by atoms with E-state index in [0.29, 0.717) is 21.3 Å². The lowest BCUT2D eigenvalue weighted by Crippen LogP contribution is -2.32. The van der Waals surface area contributed by atoms with E-state index >= 15 is 0 Å². The second-order valence-electron chi connectivity index (χ2n) is 7.19. The maximum atomic E-state index is 12.1. The number of benzene rings is 2. The van der Waals surface area contributed by atoms with Crippen LogP contribution in [-0.4, -0.2) is 35.2 Å². The molecule has 0 aliphatic carbocycles. The molecule has 0 radical (unpaired) electrons. The van der Waals surface area contributed by atoms with Gasteiger partial charge >= 0.3 is 17.8 Å². The molecule has 8 nitrogen and oxygen atoms in total. The molecule has 1 aromatic heterocycles. The number of hydrazone groups is 1. The summed E-state index contributed by atoms with van der Waals surface area (Å²) in [6.45, 7) is 5.75. The Morgan fingerprint density at radius 2 is 1.76 bits per heavy atom. The van der Waals surface area contributed by atoms with Crippen molar-refractivity contribution in [2.75, 3.05) is 11.9 Å². The van der Waals surface area contributed by atoms with Gasteiger partial charge in [-0.15, -0.1) is 0 Å². The summed E-state index contributed by atoms with van der Waals surface area (Å²) in [6, 6.07) is 13.2. The first-order valence-corrected chi connectivity index (χ1v) is 11.0. The van der Waals surface area contributed by atoms with Crippen molar-refractivity contribution >= 4 is 52.9 Å². The van der Waals surface area contributed by atoms with Crippen LogP contribution in [0.4, 0.5) is 5.69 Å². The highest BCUT2D eigenvalue weighted by atomic mass is 35.5. The molecule has 0 saturated carbocycles. The van der Waals surface area contributed by atoms with Crippen molar-refractivity contribution in [2.24, 2.45) is 5.10 Å². The summed E-state index contributed by atoms with van der Waals surface area (Å²) in [5, 5.41) is 7.20. The van der Waals surface area contributed by atoms with Crippen LogP contribution in [-0.2, 0) is 14.3 Å². The number of amides is 2. The lowest BCUT2D eigenvalue weighted by Gasteiger charge is -2.12. The van der Waals surface area contributed by atoms with Gasteiger partial charge in [-0.1, -0.05) is 29.3 Å². The number of aryl methyl sites for hydroxylation is 1. The number of anilines is 1. The number of aromatic nitrogens is 1. The zero-order valence-electron chi connectivity index (χ0n) is 18.7. The molecular formula is C24H22Cl2N4O4. The van der Waals surface area contributed by atoms with Gasteiger partial charge in [-0.05, 0) is 63.2 Å². The molecule has 176 valence electrons. The summed E-state index contributed by atoms with van der Waals surface area (Å²) >= 11 is 12.5. The Balaban J connectivity index is 1.64. The van der Waals surface area contributed by atoms with Crippen LogP contribution in [0.2, 0.25) is 10.0 Å². The van der Waals surface area contributed by atoms with Crippen molar-refractivity contribution in [1.29, 1.82) is 0 Å². The molecule has 2 N–H and O–H groups in total. The summed E-state index contributed by atoms with van der Waals surface area (Å²) in [4.78, 5) is 35.9. The fourth-order valence-electron chi connectivity index (χ4n) is 3.26. The molecule has 0 aliphatic heterocycles. The third kappa shape index (κ3) is 5.65. The van der Waals surface area contributed by atoms with Crippen molar-refractivity contribution in [3.8, 4) is 5.69 Å². The topological polar surface area (TPSA) is 102 Å². The van der Waals surface area contributed by atoms with Gasteiger partial charge in [0.2, 0.25) is 0 Å². The van der Waals surface area contributed by atoms with Gasteiger partial charge in [-0.2, -0.15) is 5.10 Å². The molecule has 2 aromatic carbocycles. The Kier molecular flexibility index (Phi) is 8.09. The van der Waals surface area contributed by atoms with Gasteiger partial charge in [0.25, 0.3) is 0 Å². The monoisotopic (exact) mass is 500 g/mol. The predicted octanol–water partition coefficient (Wildman–Crippen LogP) is 4.67. The van der Waals surface area contributed by atoms with Crippen LogP contribution >= 0.6 is 23.2 Å². The second kappa shape index (κ2) is 11.0. The maximum absolute atomic E-state index is 12.1. The molecule has 0 bridgehead atoms. The van der Waals surface area contributed by atoms with E-state index in [1.165, 1.54) is 30.5 Å². The fourth-order valence-corrected chi connectivity index (χ4v) is 3.64. The zero-order chi connectivity index (χ0) is 24.8. The van der Waals surface area contributed by atoms with Crippen LogP contribution in [0.15, 0.2) is 53.6 Å². The minimum absolute atomic E-state index is 0.260. The third-order valence-electron chi connectivity index (χ3n) is 4.87. The standard InChI is InChI=1S/C24H22Cl2N4O4/c1-4-34-24(33)16-8-10-18(11-9-16)28-22(31)23(32)29-27-13-17-12-14(2)30(15(17)3)20-7-5-6-19(25)21(20)26/h5-13H,4H2,1-3H3,(H,28,31)(H,29,32)/b27-13-. The zero-order valence-corrected chi connectivity index (χ0v) is 20.2. The average Bonchev–Trinajstić information content (AvgIpc) is 3.09. The van der Waals surface area contributed by atoms with Gasteiger partial charge in [0.05, 0.1) is 34.1 Å². The Labute approximate surface area is 206 Å². The Morgan fingerprint density at radius 3 is 2.44 bits per heavy atom. The van der Waals surface area contributed by atoms with E-state index in [1.807, 2.05) is 30.5 Å². The van der Waals surface area contributed by atoms with Crippen molar-refractivity contribution in [3.05, 3.63) is 81.1 Å². The fraction of sp³-hybridized carbons (Fsp3) is 0.167. The summed E-state index contributed by atoms with van der Waals surface area (Å²) in [6.07, 6.45) is 1.44. The molecule has 34 heavy (non-hydrogen) atoms. The van der Waals surface area contributed by atoms with Gasteiger partial charge in [-0.3, -0.25) is 9.59 Å². The SMILES string of the molecule is CCOC(=O)c1ccc(NC(=O)C(=O)N/N=C\c2cc(C)n(-c3cccc(Cl)c3Cl)c2C)cc1. The molecule has 3 aromatic rings. The van der Waals surface area contributed by atoms with E-state index in [2.05, 4.69) is 15.8 Å². The van der Waals surface area contributed by atoms with Crippen LogP contribution in [0.3, 0.4) is 0 Å². The number of ether oxygens (including phenoxy) is 1. The highest BCUT2D eigenvalue weighted by molar-refractivity contribution is 6.43. The summed E-state index contributed by atoms with van der Waals surface area (Å²) in [5.74, 6) is -2.32. The van der Waals surface area contributed by atoms with Gasteiger partial charge in [0.1, 0.15) is 0 Å². The molecule has 0 saturated heterocycles. The molecule has 0 aliphatic rings. The van der Waals surface area contributed by atoms with Crippen molar-refractivity contribution in [1.82, 2.24) is 9.99 Å². The predicted molar refractivity (Wildman–Crippen MR) is 132 cm³/mol. The normalized spacial score (nSPS) is 10.9. The number of halogens is 2. The molecule has 10 heteroatoms. The molecule has 0 fully saturated rings. The highest BCUT2D eigenvalue weighted by Gasteiger charge is 2.15. The van der Waals surface area contributed by atoms with Gasteiger partial charge < -0.3 is 14.6 Å². The number of nitrogens with one attached hydrogen (secondary N) is 2. The van der Waals surface area contributed by atoms with Crippen LogP contribution < -0.4 is 10.7 Å². The molecular weight excluding hydrogens is 479 g/mol. The van der Waals surface area contributed by atoms with E-state index < -0.39 is 17.8 Å². The Morgan fingerprint density at radius 1 is 1.06 bits per heavy atom. The van der Waals surface area contributed by atoms with Gasteiger partial charge in [0.15, 0.2) is 0 Å². The number of nitrogens with zero attached hydrogens (tertiary/aromatic N) is 2. The number of rotatable bonds is 6. The van der Waals surface area contributed by atoms with Crippen LogP contribution in [0.1, 0.15) is 34.2 Å². The summed E-state index contributed by atoms with van der Waals surface area (Å²) in [5.41, 5.74) is 6.05. The molecule has 1 heterocycles. The van der Waals surface area contributed by atoms with E-state index in [1.54, 1.807) is 19.1 Å². The van der Waals surface area contributed by atoms with E-state index in [0.717, 1.165) is 22.6 Å². The van der Waals surface area contributed by atoms with E-state index in [9.17, 15) is 14.4 Å². The van der Waals surface area contributed by atoms with Crippen LogP contribution in [0.5, 0.6) is 0 Å². The average molecular weight is 501 g/mol. The minimum Gasteiger partial charge on any atom is -0.462 e. The number of carbonyl (C=O) groups is 3. The summed E-state index contributed by atoms with van der Waals surface area (Å²) in [7, 11) is 0. The lowest BCUT2D eigenvalue weighted by atomic mass is 10.2. The largest absolute Gasteiger partial charge is 0.462 e. The Bertz CT molecular complexity index is 1270. The molecule has 2 amide bonds. The van der Waals surface area contributed by atoms with Crippen molar-refractivity contribution in [2.45, 2.75) is 20.8 Å². The highest BCUT2D eigenvalue weighted by Crippen LogP contribution is 2.31. The second-order valence-corrected chi connectivity index (χ2v) is 7.97. The number of carbonyl (C=O) groups excluding carboxylic acids is 3. The van der Waals surface area contributed by atoms with Crippen LogP contribution in [0, 0.1) is 13.8 Å². The molecule has 3 rings (SSSR count).